The molecule has 0 aliphatic heterocycles. The summed E-state index contributed by atoms with van der Waals surface area (Å²) < 4.78 is 0. The Morgan fingerprint density at radius 1 is 1.27 bits per heavy atom. The van der Waals surface area contributed by atoms with Crippen LogP contribution in [0.1, 0.15) is 23.1 Å². The van der Waals surface area contributed by atoms with Crippen LogP contribution in [0.3, 0.4) is 0 Å². The van der Waals surface area contributed by atoms with Crippen LogP contribution in [0, 0.1) is 0 Å². The van der Waals surface area contributed by atoms with E-state index in [0.717, 1.165) is 0 Å². The van der Waals surface area contributed by atoms with Gasteiger partial charge in [-0.3, -0.25) is 0 Å². The summed E-state index contributed by atoms with van der Waals surface area (Å²) in [5, 5.41) is 0. The van der Waals surface area contributed by atoms with Gasteiger partial charge in [0.05, 0.1) is 0 Å². The molecule has 0 saturated carbocycles. The number of fused-ring (bicyclic) bond motifs is 1. The molecule has 1 aromatic carbocycles. The van der Waals surface area contributed by atoms with Crippen molar-refractivity contribution in [3.8, 4) is 0 Å². The molecule has 0 radical (unpaired) electrons. The standard InChI is InChI=1S/C10H13N/c11-7-9-5-1-3-8-4-2-6-10(8)9/h1,3,5H,2,4,6-7,11H2. The van der Waals surface area contributed by atoms with Crippen molar-refractivity contribution in [2.45, 2.75) is 25.8 Å². The molecule has 2 N–H and O–H groups in total. The van der Waals surface area contributed by atoms with E-state index in [-0.39, 0.29) is 0 Å². The minimum atomic E-state index is 0.698. The number of hydrogen-bond acceptors (Lipinski definition) is 1. The van der Waals surface area contributed by atoms with Gasteiger partial charge in [0.25, 0.3) is 0 Å². The van der Waals surface area contributed by atoms with Gasteiger partial charge in [-0.2, -0.15) is 0 Å². The zero-order chi connectivity index (χ0) is 7.68. The number of rotatable bonds is 1. The Morgan fingerprint density at radius 3 is 3.00 bits per heavy atom. The molecule has 1 aromatic rings. The van der Waals surface area contributed by atoms with E-state index in [0.29, 0.717) is 6.54 Å². The zero-order valence-corrected chi connectivity index (χ0v) is 6.64. The first kappa shape index (κ1) is 6.86. The smallest absolute Gasteiger partial charge is 0.0180 e. The summed E-state index contributed by atoms with van der Waals surface area (Å²) in [4.78, 5) is 0. The fraction of sp³-hybridized carbons (Fsp3) is 0.400. The lowest BCUT2D eigenvalue weighted by molar-refractivity contribution is 0.903. The highest BCUT2D eigenvalue weighted by Gasteiger charge is 2.12. The maximum absolute atomic E-state index is 5.62. The Labute approximate surface area is 67.2 Å². The fourth-order valence-electron chi connectivity index (χ4n) is 1.89. The molecule has 58 valence electrons. The second-order valence-corrected chi connectivity index (χ2v) is 3.11. The average molecular weight is 147 g/mol. The predicted molar refractivity (Wildman–Crippen MR) is 46.4 cm³/mol. The predicted octanol–water partition coefficient (Wildman–Crippen LogP) is 1.63. The lowest BCUT2D eigenvalue weighted by atomic mass is 10.0. The van der Waals surface area contributed by atoms with Gasteiger partial charge < -0.3 is 5.73 Å². The van der Waals surface area contributed by atoms with Crippen LogP contribution in [0.25, 0.3) is 0 Å². The van der Waals surface area contributed by atoms with Crippen molar-refractivity contribution >= 4 is 0 Å². The van der Waals surface area contributed by atoms with Crippen LogP contribution in [0.5, 0.6) is 0 Å². The van der Waals surface area contributed by atoms with Crippen molar-refractivity contribution in [3.05, 3.63) is 34.9 Å². The van der Waals surface area contributed by atoms with E-state index in [1.54, 1.807) is 0 Å². The quantitative estimate of drug-likeness (QED) is 0.642. The average Bonchev–Trinajstić information content (AvgIpc) is 2.50. The second-order valence-electron chi connectivity index (χ2n) is 3.11. The molecule has 0 unspecified atom stereocenters. The van der Waals surface area contributed by atoms with Crippen molar-refractivity contribution < 1.29 is 0 Å². The van der Waals surface area contributed by atoms with Crippen LogP contribution in [0.2, 0.25) is 0 Å². The van der Waals surface area contributed by atoms with Gasteiger partial charge in [-0.1, -0.05) is 18.2 Å². The van der Waals surface area contributed by atoms with Gasteiger partial charge >= 0.3 is 0 Å². The molecule has 0 spiro atoms. The second kappa shape index (κ2) is 2.67. The normalized spacial score (nSPS) is 15.0. The van der Waals surface area contributed by atoms with Crippen molar-refractivity contribution in [1.82, 2.24) is 0 Å². The largest absolute Gasteiger partial charge is 0.326 e. The Bertz CT molecular complexity index is 266. The first-order chi connectivity index (χ1) is 5.42. The van der Waals surface area contributed by atoms with Crippen LogP contribution in [0.15, 0.2) is 18.2 Å². The third-order valence-corrected chi connectivity index (χ3v) is 2.46. The molecular weight excluding hydrogens is 134 g/mol. The fourth-order valence-corrected chi connectivity index (χ4v) is 1.89. The van der Waals surface area contributed by atoms with E-state index in [1.807, 2.05) is 0 Å². The van der Waals surface area contributed by atoms with Gasteiger partial charge in [0.15, 0.2) is 0 Å². The first-order valence-electron chi connectivity index (χ1n) is 4.21. The van der Waals surface area contributed by atoms with Crippen LogP contribution in [0.4, 0.5) is 0 Å². The minimum absolute atomic E-state index is 0.698. The van der Waals surface area contributed by atoms with Gasteiger partial charge in [-0.25, -0.2) is 0 Å². The summed E-state index contributed by atoms with van der Waals surface area (Å²) in [5.41, 5.74) is 10.0. The molecule has 0 bridgehead atoms. The van der Waals surface area contributed by atoms with Crippen LogP contribution < -0.4 is 5.73 Å². The van der Waals surface area contributed by atoms with E-state index in [1.165, 1.54) is 36.0 Å². The van der Waals surface area contributed by atoms with E-state index >= 15 is 0 Å². The van der Waals surface area contributed by atoms with Gasteiger partial charge in [0, 0.05) is 6.54 Å². The van der Waals surface area contributed by atoms with Gasteiger partial charge in [0.2, 0.25) is 0 Å². The highest BCUT2D eigenvalue weighted by atomic mass is 14.5. The molecule has 1 aliphatic carbocycles. The van der Waals surface area contributed by atoms with Crippen molar-refractivity contribution in [2.75, 3.05) is 0 Å². The molecular formula is C10H13N. The lowest BCUT2D eigenvalue weighted by Gasteiger charge is -2.04. The van der Waals surface area contributed by atoms with Gasteiger partial charge in [0.1, 0.15) is 0 Å². The Balaban J connectivity index is 2.50. The number of nitrogens with two attached hydrogens (primary N) is 1. The van der Waals surface area contributed by atoms with E-state index in [2.05, 4.69) is 18.2 Å². The maximum atomic E-state index is 5.62. The highest BCUT2D eigenvalue weighted by Crippen LogP contribution is 2.24. The molecule has 0 fully saturated rings. The van der Waals surface area contributed by atoms with Crippen molar-refractivity contribution in [3.63, 3.8) is 0 Å². The van der Waals surface area contributed by atoms with Gasteiger partial charge in [-0.15, -0.1) is 0 Å². The van der Waals surface area contributed by atoms with E-state index in [9.17, 15) is 0 Å². The number of hydrogen-bond donors (Lipinski definition) is 1. The lowest BCUT2D eigenvalue weighted by Crippen LogP contribution is -2.00. The molecule has 0 saturated heterocycles. The molecule has 0 atom stereocenters. The summed E-state index contributed by atoms with van der Waals surface area (Å²) in [5.74, 6) is 0. The SMILES string of the molecule is NCc1cccc2c1CCC2. The van der Waals surface area contributed by atoms with Crippen LogP contribution >= 0.6 is 0 Å². The van der Waals surface area contributed by atoms with Gasteiger partial charge in [-0.05, 0) is 36.0 Å². The third-order valence-electron chi connectivity index (χ3n) is 2.46. The number of aryl methyl sites for hydroxylation is 1. The molecule has 0 aromatic heterocycles. The summed E-state index contributed by atoms with van der Waals surface area (Å²) in [6.45, 7) is 0.698. The third kappa shape index (κ3) is 1.05. The first-order valence-corrected chi connectivity index (χ1v) is 4.21. The van der Waals surface area contributed by atoms with Crippen LogP contribution in [-0.4, -0.2) is 0 Å². The van der Waals surface area contributed by atoms with Crippen molar-refractivity contribution in [1.29, 1.82) is 0 Å². The van der Waals surface area contributed by atoms with E-state index in [4.69, 9.17) is 5.73 Å². The molecule has 1 heteroatoms. The zero-order valence-electron chi connectivity index (χ0n) is 6.64. The topological polar surface area (TPSA) is 26.0 Å². The highest BCUT2D eigenvalue weighted by molar-refractivity contribution is 5.38. The molecule has 11 heavy (non-hydrogen) atoms. The van der Waals surface area contributed by atoms with E-state index < -0.39 is 0 Å². The monoisotopic (exact) mass is 147 g/mol. The number of benzene rings is 1. The Morgan fingerprint density at radius 2 is 2.18 bits per heavy atom. The molecule has 0 heterocycles. The summed E-state index contributed by atoms with van der Waals surface area (Å²) in [6, 6.07) is 6.48. The summed E-state index contributed by atoms with van der Waals surface area (Å²) in [7, 11) is 0. The molecule has 2 rings (SSSR count). The summed E-state index contributed by atoms with van der Waals surface area (Å²) in [6.07, 6.45) is 3.80. The molecule has 0 amide bonds. The van der Waals surface area contributed by atoms with Crippen molar-refractivity contribution in [2.24, 2.45) is 5.73 Å². The minimum Gasteiger partial charge on any atom is -0.326 e. The maximum Gasteiger partial charge on any atom is 0.0180 e. The summed E-state index contributed by atoms with van der Waals surface area (Å²) >= 11 is 0. The van der Waals surface area contributed by atoms with Crippen LogP contribution in [-0.2, 0) is 19.4 Å². The Hall–Kier alpha value is -0.820. The molecule has 1 aliphatic rings. The molecule has 1 nitrogen and oxygen atoms in total. The Kier molecular flexibility index (Phi) is 1.66.